The number of piperidine rings is 1. The SMILES string of the molecule is Cc1cc(F)cc(Oc2nc(NC3[C@@H]4CC[C@H]3CN(c3cc(C)ncn3)C4)nn2C)c1. The summed E-state index contributed by atoms with van der Waals surface area (Å²) in [7, 11) is 1.77. The maximum atomic E-state index is 13.7. The van der Waals surface area contributed by atoms with E-state index in [0.717, 1.165) is 30.2 Å². The van der Waals surface area contributed by atoms with Gasteiger partial charge in [-0.05, 0) is 56.2 Å². The van der Waals surface area contributed by atoms with E-state index >= 15 is 0 Å². The number of halogens is 1. The molecule has 5 rings (SSSR count). The van der Waals surface area contributed by atoms with Crippen molar-refractivity contribution >= 4 is 11.8 Å². The molecule has 0 spiro atoms. The van der Waals surface area contributed by atoms with E-state index in [1.807, 2.05) is 19.9 Å². The molecule has 9 heteroatoms. The second kappa shape index (κ2) is 7.79. The van der Waals surface area contributed by atoms with Crippen molar-refractivity contribution in [3.05, 3.63) is 47.7 Å². The standard InChI is InChI=1S/C22H26FN7O/c1-13-6-17(23)9-18(7-13)31-22-27-21(28-29(22)3)26-20-15-4-5-16(20)11-30(10-15)19-8-14(2)24-12-25-19/h6-9,12,15-16,20H,4-5,10-11H2,1-3H3,(H,26,28)/t15-,16+,20?. The van der Waals surface area contributed by atoms with Crippen LogP contribution in [0.3, 0.4) is 0 Å². The van der Waals surface area contributed by atoms with Crippen LogP contribution < -0.4 is 15.0 Å². The van der Waals surface area contributed by atoms with Crippen LogP contribution in [-0.4, -0.2) is 43.9 Å². The lowest BCUT2D eigenvalue weighted by molar-refractivity contribution is 0.374. The summed E-state index contributed by atoms with van der Waals surface area (Å²) in [6.07, 6.45) is 3.97. The minimum absolute atomic E-state index is 0.311. The fourth-order valence-corrected chi connectivity index (χ4v) is 4.80. The third kappa shape index (κ3) is 4.04. The number of benzene rings is 1. The van der Waals surface area contributed by atoms with Gasteiger partial charge in [0.15, 0.2) is 0 Å². The number of anilines is 2. The van der Waals surface area contributed by atoms with Gasteiger partial charge in [-0.15, -0.1) is 5.10 Å². The largest absolute Gasteiger partial charge is 0.424 e. The second-order valence-corrected chi connectivity index (χ2v) is 8.60. The van der Waals surface area contributed by atoms with Gasteiger partial charge in [0.2, 0.25) is 5.95 Å². The molecule has 162 valence electrons. The minimum atomic E-state index is -0.335. The zero-order valence-electron chi connectivity index (χ0n) is 17.9. The fraction of sp³-hybridized carbons (Fsp3) is 0.455. The number of nitrogens with zero attached hydrogens (tertiary/aromatic N) is 6. The predicted molar refractivity (Wildman–Crippen MR) is 115 cm³/mol. The van der Waals surface area contributed by atoms with Crippen LogP contribution in [0.25, 0.3) is 0 Å². The summed E-state index contributed by atoms with van der Waals surface area (Å²) < 4.78 is 21.0. The van der Waals surface area contributed by atoms with Crippen molar-refractivity contribution in [3.63, 3.8) is 0 Å². The highest BCUT2D eigenvalue weighted by molar-refractivity contribution is 5.42. The molecule has 2 fully saturated rings. The van der Waals surface area contributed by atoms with Crippen LogP contribution in [0.2, 0.25) is 0 Å². The quantitative estimate of drug-likeness (QED) is 0.673. The summed E-state index contributed by atoms with van der Waals surface area (Å²) >= 11 is 0. The molecule has 8 nitrogen and oxygen atoms in total. The van der Waals surface area contributed by atoms with Crippen LogP contribution in [0.4, 0.5) is 16.2 Å². The first-order valence-electron chi connectivity index (χ1n) is 10.6. The highest BCUT2D eigenvalue weighted by atomic mass is 19.1. The number of aromatic nitrogens is 5. The number of aryl methyl sites for hydroxylation is 3. The molecule has 0 amide bonds. The van der Waals surface area contributed by atoms with Crippen molar-refractivity contribution in [2.75, 3.05) is 23.3 Å². The molecule has 1 saturated carbocycles. The maximum Gasteiger partial charge on any atom is 0.321 e. The Morgan fingerprint density at radius 1 is 1.06 bits per heavy atom. The molecule has 3 heterocycles. The Hall–Kier alpha value is -3.23. The van der Waals surface area contributed by atoms with Gasteiger partial charge >= 0.3 is 6.01 Å². The molecule has 3 aromatic rings. The lowest BCUT2D eigenvalue weighted by atomic mass is 9.92. The van der Waals surface area contributed by atoms with Crippen molar-refractivity contribution in [3.8, 4) is 11.8 Å². The fourth-order valence-electron chi connectivity index (χ4n) is 4.80. The zero-order valence-corrected chi connectivity index (χ0v) is 17.9. The lowest BCUT2D eigenvalue weighted by Gasteiger charge is -2.38. The monoisotopic (exact) mass is 423 g/mol. The second-order valence-electron chi connectivity index (χ2n) is 8.60. The van der Waals surface area contributed by atoms with Gasteiger partial charge in [-0.3, -0.25) is 0 Å². The predicted octanol–water partition coefficient (Wildman–Crippen LogP) is 3.48. The molecule has 3 atom stereocenters. The van der Waals surface area contributed by atoms with E-state index in [9.17, 15) is 4.39 Å². The Morgan fingerprint density at radius 3 is 2.55 bits per heavy atom. The average molecular weight is 423 g/mol. The number of fused-ring (bicyclic) bond motifs is 2. The zero-order chi connectivity index (χ0) is 21.5. The first-order valence-corrected chi connectivity index (χ1v) is 10.6. The summed E-state index contributed by atoms with van der Waals surface area (Å²) in [5.74, 6) is 2.60. The Kier molecular flexibility index (Phi) is 4.95. The summed E-state index contributed by atoms with van der Waals surface area (Å²) in [4.78, 5) is 15.5. The van der Waals surface area contributed by atoms with Crippen LogP contribution in [0, 0.1) is 31.5 Å². The van der Waals surface area contributed by atoms with Gasteiger partial charge in [-0.25, -0.2) is 19.0 Å². The molecule has 1 aliphatic heterocycles. The maximum absolute atomic E-state index is 13.7. The van der Waals surface area contributed by atoms with Crippen molar-refractivity contribution in [1.29, 1.82) is 0 Å². The molecule has 0 radical (unpaired) electrons. The molecule has 2 bridgehead atoms. The van der Waals surface area contributed by atoms with Gasteiger partial charge in [-0.2, -0.15) is 4.98 Å². The smallest absolute Gasteiger partial charge is 0.321 e. The van der Waals surface area contributed by atoms with Gasteiger partial charge in [-0.1, -0.05) is 0 Å². The molecule has 2 aromatic heterocycles. The van der Waals surface area contributed by atoms with E-state index in [1.54, 1.807) is 24.1 Å². The summed E-state index contributed by atoms with van der Waals surface area (Å²) in [6, 6.07) is 7.27. The molecule has 31 heavy (non-hydrogen) atoms. The average Bonchev–Trinajstić information content (AvgIpc) is 3.15. The van der Waals surface area contributed by atoms with Gasteiger partial charge in [0.25, 0.3) is 0 Å². The van der Waals surface area contributed by atoms with E-state index in [1.165, 1.54) is 25.0 Å². The van der Waals surface area contributed by atoms with E-state index in [0.29, 0.717) is 35.6 Å². The third-order valence-electron chi connectivity index (χ3n) is 6.19. The van der Waals surface area contributed by atoms with Crippen LogP contribution in [-0.2, 0) is 7.05 Å². The van der Waals surface area contributed by atoms with Crippen molar-refractivity contribution in [2.24, 2.45) is 18.9 Å². The third-order valence-corrected chi connectivity index (χ3v) is 6.19. The molecule has 1 saturated heterocycles. The normalized spacial score (nSPS) is 22.6. The Bertz CT molecular complexity index is 1070. The van der Waals surface area contributed by atoms with Crippen LogP contribution >= 0.6 is 0 Å². The van der Waals surface area contributed by atoms with Gasteiger partial charge in [0, 0.05) is 44.0 Å². The van der Waals surface area contributed by atoms with Gasteiger partial charge in [0.1, 0.15) is 23.7 Å². The molecular weight excluding hydrogens is 397 g/mol. The number of hydrogen-bond acceptors (Lipinski definition) is 7. The van der Waals surface area contributed by atoms with E-state index < -0.39 is 0 Å². The van der Waals surface area contributed by atoms with Crippen molar-refractivity contribution < 1.29 is 9.13 Å². The van der Waals surface area contributed by atoms with Crippen LogP contribution in [0.1, 0.15) is 24.1 Å². The number of nitrogens with one attached hydrogen (secondary N) is 1. The molecule has 1 aromatic carbocycles. The van der Waals surface area contributed by atoms with Crippen molar-refractivity contribution in [1.82, 2.24) is 24.7 Å². The number of rotatable bonds is 5. The topological polar surface area (TPSA) is 81.0 Å². The molecule has 2 aliphatic rings. The van der Waals surface area contributed by atoms with E-state index in [2.05, 4.69) is 30.3 Å². The Morgan fingerprint density at radius 2 is 1.84 bits per heavy atom. The lowest BCUT2D eigenvalue weighted by Crippen LogP contribution is -2.48. The molecular formula is C22H26FN7O. The number of ether oxygens (including phenoxy) is 1. The van der Waals surface area contributed by atoms with Gasteiger partial charge in [0.05, 0.1) is 0 Å². The van der Waals surface area contributed by atoms with Crippen LogP contribution in [0.15, 0.2) is 30.6 Å². The van der Waals surface area contributed by atoms with Crippen molar-refractivity contribution in [2.45, 2.75) is 32.7 Å². The first kappa shape index (κ1) is 19.7. The summed E-state index contributed by atoms with van der Waals surface area (Å²) in [6.45, 7) is 5.71. The first-order chi connectivity index (χ1) is 14.9. The Balaban J connectivity index is 1.28. The summed E-state index contributed by atoms with van der Waals surface area (Å²) in [5.41, 5.74) is 1.77. The number of hydrogen-bond donors (Lipinski definition) is 1. The summed E-state index contributed by atoms with van der Waals surface area (Å²) in [5, 5.41) is 8.01. The van der Waals surface area contributed by atoms with E-state index in [4.69, 9.17) is 4.74 Å². The van der Waals surface area contributed by atoms with E-state index in [-0.39, 0.29) is 5.82 Å². The van der Waals surface area contributed by atoms with Gasteiger partial charge < -0.3 is 15.0 Å². The Labute approximate surface area is 180 Å². The molecule has 1 aliphatic carbocycles. The highest BCUT2D eigenvalue weighted by Gasteiger charge is 2.43. The van der Waals surface area contributed by atoms with Crippen LogP contribution in [0.5, 0.6) is 11.8 Å². The molecule has 1 N–H and O–H groups in total. The molecule has 1 unspecified atom stereocenters. The minimum Gasteiger partial charge on any atom is -0.424 e. The highest BCUT2D eigenvalue weighted by Crippen LogP contribution is 2.39.